The number of unbranched alkanes of at least 4 members (excludes halogenated alkanes) is 6. The Kier molecular flexibility index (Phi) is 30.3. The fourth-order valence-corrected chi connectivity index (χ4v) is 1.69. The van der Waals surface area contributed by atoms with E-state index in [4.69, 9.17) is 13.7 Å². The van der Waals surface area contributed by atoms with Crippen LogP contribution < -0.4 is 0 Å². The molecule has 5 nitrogen and oxygen atoms in total. The molecule has 0 amide bonds. The van der Waals surface area contributed by atoms with Crippen molar-refractivity contribution >= 4 is 11.9 Å². The van der Waals surface area contributed by atoms with E-state index in [2.05, 4.69) is 35.2 Å². The van der Waals surface area contributed by atoms with Crippen LogP contribution in [-0.4, -0.2) is 23.7 Å². The molecule has 1 N–H and O–H groups in total. The topological polar surface area (TPSA) is 80.7 Å². The van der Waals surface area contributed by atoms with Gasteiger partial charge in [-0.2, -0.15) is 6.92 Å². The first-order valence-corrected chi connectivity index (χ1v) is 8.25. The molecule has 0 saturated carbocycles. The number of ether oxygens (including phenoxy) is 1. The molecule has 0 aromatic carbocycles. The molecular weight excluding hydrogens is 343 g/mol. The van der Waals surface area contributed by atoms with E-state index in [0.29, 0.717) is 19.4 Å². The predicted octanol–water partition coefficient (Wildman–Crippen LogP) is 4.22. The summed E-state index contributed by atoms with van der Waals surface area (Å²) in [5.41, 5.74) is 0. The average Bonchev–Trinajstić information content (AvgIpc) is 2.53. The number of aliphatic carboxylic acids is 1. The van der Waals surface area contributed by atoms with Gasteiger partial charge < -0.3 is 22.8 Å². The summed E-state index contributed by atoms with van der Waals surface area (Å²) in [6.07, 6.45) is 10.9. The molecule has 139 valence electrons. The van der Waals surface area contributed by atoms with Crippen molar-refractivity contribution in [2.75, 3.05) is 6.61 Å². The van der Waals surface area contributed by atoms with E-state index in [0.717, 1.165) is 44.9 Å². The van der Waals surface area contributed by atoms with Crippen LogP contribution in [-0.2, 0) is 33.9 Å². The van der Waals surface area contributed by atoms with Gasteiger partial charge in [-0.3, -0.25) is 16.2 Å². The maximum absolute atomic E-state index is 11.1. The Morgan fingerprint density at radius 1 is 1.04 bits per heavy atom. The van der Waals surface area contributed by atoms with Crippen molar-refractivity contribution in [1.82, 2.24) is 0 Å². The van der Waals surface area contributed by atoms with E-state index in [1.165, 1.54) is 0 Å². The van der Waals surface area contributed by atoms with Crippen LogP contribution in [0.2, 0.25) is 0 Å². The summed E-state index contributed by atoms with van der Waals surface area (Å²) in [5.74, 6) is -0.837. The summed E-state index contributed by atoms with van der Waals surface area (Å²) in [7, 11) is 0. The van der Waals surface area contributed by atoms with Crippen molar-refractivity contribution in [3.63, 3.8) is 0 Å². The van der Waals surface area contributed by atoms with Crippen LogP contribution in [0, 0.1) is 13.0 Å². The standard InChI is InChI=1S/C14H25O4.C3H5.Co.O/c1-2-12-18-14(17)11-9-7-5-3-4-6-8-10-13(15)16;1-3-2;;/h1-12H2,(H,15,16);1H2,2H3;;/q2*-1;;. The first-order chi connectivity index (χ1) is 11.1. The zero-order valence-electron chi connectivity index (χ0n) is 14.1. The third-order valence-corrected chi connectivity index (χ3v) is 2.68. The van der Waals surface area contributed by atoms with Gasteiger partial charge in [-0.05, 0) is 12.8 Å². The van der Waals surface area contributed by atoms with Crippen molar-refractivity contribution in [2.24, 2.45) is 0 Å². The Labute approximate surface area is 148 Å². The summed E-state index contributed by atoms with van der Waals surface area (Å²) >= 11 is 2.31. The zero-order valence-corrected chi connectivity index (χ0v) is 15.1. The number of carbonyl (C=O) groups excluding carboxylic acids is 1. The van der Waals surface area contributed by atoms with Crippen LogP contribution in [0.25, 0.3) is 0 Å². The summed E-state index contributed by atoms with van der Waals surface area (Å²) in [5, 5.41) is 8.45. The average molecular weight is 373 g/mol. The third-order valence-electron chi connectivity index (χ3n) is 2.68. The van der Waals surface area contributed by atoms with E-state index >= 15 is 0 Å². The Hall–Kier alpha value is -1.01. The SMILES string of the molecule is C=[C-]C.[CH2-]CCOC(=O)CCCCCCCCCC(=O)O.[O]=[Co]. The molecule has 23 heavy (non-hydrogen) atoms. The normalized spacial score (nSPS) is 8.83. The van der Waals surface area contributed by atoms with Crippen molar-refractivity contribution in [1.29, 1.82) is 0 Å². The first-order valence-electron chi connectivity index (χ1n) is 7.82. The van der Waals surface area contributed by atoms with Crippen LogP contribution in [0.15, 0.2) is 6.58 Å². The molecule has 0 spiro atoms. The minimum atomic E-state index is -0.712. The van der Waals surface area contributed by atoms with Crippen LogP contribution in [0.1, 0.15) is 71.1 Å². The van der Waals surface area contributed by atoms with E-state index < -0.39 is 5.97 Å². The Morgan fingerprint density at radius 2 is 1.43 bits per heavy atom. The molecule has 0 aliphatic heterocycles. The summed E-state index contributed by atoms with van der Waals surface area (Å²) in [4.78, 5) is 21.4. The van der Waals surface area contributed by atoms with E-state index in [-0.39, 0.29) is 12.4 Å². The number of hydrogen-bond acceptors (Lipinski definition) is 4. The van der Waals surface area contributed by atoms with Gasteiger partial charge in [0.15, 0.2) is 0 Å². The second-order valence-corrected chi connectivity index (χ2v) is 4.80. The molecule has 6 heteroatoms. The quantitative estimate of drug-likeness (QED) is 0.315. The third kappa shape index (κ3) is 33.7. The van der Waals surface area contributed by atoms with E-state index in [1.807, 2.05) is 0 Å². The summed E-state index contributed by atoms with van der Waals surface area (Å²) in [6, 6.07) is 0. The van der Waals surface area contributed by atoms with Gasteiger partial charge in [-0.15, -0.1) is 6.42 Å². The molecule has 0 aromatic rings. The number of allylic oxidation sites excluding steroid dienone is 1. The molecule has 0 unspecified atom stereocenters. The number of carboxylic acids is 1. The second kappa shape index (κ2) is 25.9. The molecular formula is C17H30CoO5-2. The van der Waals surface area contributed by atoms with E-state index in [9.17, 15) is 9.59 Å². The first kappa shape index (κ1) is 26.9. The predicted molar refractivity (Wildman–Crippen MR) is 85.4 cm³/mol. The number of hydrogen-bond donors (Lipinski definition) is 1. The maximum atomic E-state index is 11.1. The van der Waals surface area contributed by atoms with Gasteiger partial charge in [-0.25, -0.2) is 0 Å². The van der Waals surface area contributed by atoms with Gasteiger partial charge in [0.05, 0.1) is 6.61 Å². The van der Waals surface area contributed by atoms with Gasteiger partial charge >= 0.3 is 31.5 Å². The Morgan fingerprint density at radius 3 is 1.83 bits per heavy atom. The van der Waals surface area contributed by atoms with Crippen molar-refractivity contribution in [3.05, 3.63) is 19.6 Å². The molecule has 0 heterocycles. The number of carboxylic acid groups (broad SMARTS) is 1. The molecule has 0 fully saturated rings. The zero-order chi connectivity index (χ0) is 18.3. The Balaban J connectivity index is -0.000000710. The van der Waals surface area contributed by atoms with Crippen LogP contribution >= 0.6 is 0 Å². The number of carbonyl (C=O) groups is 2. The fourth-order valence-electron chi connectivity index (χ4n) is 1.69. The van der Waals surface area contributed by atoms with Crippen LogP contribution in [0.4, 0.5) is 0 Å². The minimum absolute atomic E-state index is 0.125. The molecule has 0 rings (SSSR count). The molecule has 0 radical (unpaired) electrons. The van der Waals surface area contributed by atoms with Gasteiger partial charge in [0.2, 0.25) is 0 Å². The van der Waals surface area contributed by atoms with Crippen LogP contribution in [0.3, 0.4) is 0 Å². The monoisotopic (exact) mass is 373 g/mol. The summed E-state index contributed by atoms with van der Waals surface area (Å²) in [6.45, 7) is 9.02. The fraction of sp³-hybridized carbons (Fsp3) is 0.706. The molecule has 0 aliphatic rings. The van der Waals surface area contributed by atoms with Gasteiger partial charge in [0.1, 0.15) is 0 Å². The van der Waals surface area contributed by atoms with E-state index in [1.54, 1.807) is 6.92 Å². The molecule has 0 saturated heterocycles. The van der Waals surface area contributed by atoms with Crippen molar-refractivity contribution in [2.45, 2.75) is 71.1 Å². The van der Waals surface area contributed by atoms with Gasteiger partial charge in [0.25, 0.3) is 0 Å². The van der Waals surface area contributed by atoms with Crippen molar-refractivity contribution in [3.8, 4) is 0 Å². The Bertz CT molecular complexity index is 282. The molecule has 0 aromatic heterocycles. The number of esters is 1. The molecule has 0 aliphatic carbocycles. The van der Waals surface area contributed by atoms with Gasteiger partial charge in [-0.1, -0.05) is 32.1 Å². The van der Waals surface area contributed by atoms with Crippen LogP contribution in [0.5, 0.6) is 0 Å². The molecule has 0 bridgehead atoms. The molecule has 0 atom stereocenters. The van der Waals surface area contributed by atoms with Gasteiger partial charge in [0, 0.05) is 12.8 Å². The number of rotatable bonds is 12. The second-order valence-electron chi connectivity index (χ2n) is 4.80. The van der Waals surface area contributed by atoms with Crippen molar-refractivity contribution < 1.29 is 39.0 Å². The summed E-state index contributed by atoms with van der Waals surface area (Å²) < 4.78 is 12.9.